The molecule has 4 aromatic rings. The van der Waals surface area contributed by atoms with E-state index in [1.54, 1.807) is 55.6 Å². The molecule has 0 aliphatic carbocycles. The molecule has 6 rings (SSSR count). The number of nitrogens with zero attached hydrogens (tertiary/aromatic N) is 5. The summed E-state index contributed by atoms with van der Waals surface area (Å²) in [4.78, 5) is 32.6. The molecule has 2 fully saturated rings. The summed E-state index contributed by atoms with van der Waals surface area (Å²) in [5.74, 6) is -2.09. The van der Waals surface area contributed by atoms with Crippen LogP contribution in [-0.4, -0.2) is 73.8 Å². The molecule has 12 nitrogen and oxygen atoms in total. The number of aryl methyl sites for hydroxylation is 2. The van der Waals surface area contributed by atoms with Crippen molar-refractivity contribution >= 4 is 23.7 Å². The van der Waals surface area contributed by atoms with Gasteiger partial charge in [0.05, 0.1) is 11.4 Å². The summed E-state index contributed by atoms with van der Waals surface area (Å²) in [6.45, 7) is 3.33. The lowest BCUT2D eigenvalue weighted by atomic mass is 9.76. The first-order valence-electron chi connectivity index (χ1n) is 15.9. The summed E-state index contributed by atoms with van der Waals surface area (Å²) in [5.41, 5.74) is 8.29. The van der Waals surface area contributed by atoms with Gasteiger partial charge in [-0.2, -0.15) is 28.2 Å². The van der Waals surface area contributed by atoms with E-state index in [4.69, 9.17) is 15.6 Å². The Labute approximate surface area is 279 Å². The number of hydrogen-bond donors (Lipinski definition) is 4. The summed E-state index contributed by atoms with van der Waals surface area (Å²) in [6.07, 6.45) is -3.63. The van der Waals surface area contributed by atoms with Crippen LogP contribution in [0.5, 0.6) is 5.88 Å². The van der Waals surface area contributed by atoms with Gasteiger partial charge in [-0.3, -0.25) is 9.59 Å². The summed E-state index contributed by atoms with van der Waals surface area (Å²) >= 11 is 0. The first-order valence-corrected chi connectivity index (χ1v) is 15.9. The van der Waals surface area contributed by atoms with Crippen LogP contribution < -0.4 is 20.7 Å². The molecule has 2 saturated heterocycles. The van der Waals surface area contributed by atoms with E-state index in [1.807, 2.05) is 4.90 Å². The highest BCUT2D eigenvalue weighted by Gasteiger charge is 2.46. The predicted octanol–water partition coefficient (Wildman–Crippen LogP) is 4.95. The second-order valence-corrected chi connectivity index (χ2v) is 12.7. The molecule has 0 radical (unpaired) electrons. The van der Waals surface area contributed by atoms with Crippen LogP contribution in [0.1, 0.15) is 48.6 Å². The Morgan fingerprint density at radius 1 is 1.06 bits per heavy atom. The number of aliphatic carboxylic acids is 2. The number of alkyl halides is 3. The molecule has 2 atom stereocenters. The van der Waals surface area contributed by atoms with Gasteiger partial charge in [-0.25, -0.2) is 4.68 Å². The number of carbonyl (C=O) groups is 2. The standard InChI is InChI=1S/C34H36F3N7O5/c1-20-10-13-44(42-20)26-8-7-23(22-5-2-21(3-6-22)4-9-29(45)46)16-24(26)30(34(35,36)37)49-28-17-27(40-32(38)41-28)43-14-11-33(12-15-43)18-25(31(47)48)39-19-33/h2-3,5-8,10,13,16-17,25,30,39H,4,9,11-12,14-15,18-19H2,1H3,(H,45,46)(H,47,48)(H2,38,40,41)/t25?,30-/m1/s1. The maximum atomic E-state index is 15.0. The molecule has 0 amide bonds. The zero-order valence-corrected chi connectivity index (χ0v) is 26.7. The van der Waals surface area contributed by atoms with Crippen molar-refractivity contribution < 1.29 is 37.7 Å². The van der Waals surface area contributed by atoms with E-state index >= 15 is 13.2 Å². The Bertz CT molecular complexity index is 1840. The van der Waals surface area contributed by atoms with E-state index in [0.29, 0.717) is 68.0 Å². The number of halogens is 3. The van der Waals surface area contributed by atoms with Gasteiger partial charge < -0.3 is 30.9 Å². The number of carboxylic acids is 2. The smallest absolute Gasteiger partial charge is 0.429 e. The fourth-order valence-corrected chi connectivity index (χ4v) is 6.58. The van der Waals surface area contributed by atoms with Gasteiger partial charge >= 0.3 is 18.1 Å². The minimum Gasteiger partial charge on any atom is -0.481 e. The first kappa shape index (κ1) is 33.7. The van der Waals surface area contributed by atoms with Gasteiger partial charge in [0, 0.05) is 43.9 Å². The van der Waals surface area contributed by atoms with Crippen LogP contribution in [0.3, 0.4) is 0 Å². The third kappa shape index (κ3) is 7.61. The fraction of sp³-hybridized carbons (Fsp3) is 0.382. The van der Waals surface area contributed by atoms with Crippen molar-refractivity contribution in [3.05, 3.63) is 77.6 Å². The van der Waals surface area contributed by atoms with Crippen molar-refractivity contribution in [1.29, 1.82) is 0 Å². The summed E-state index contributed by atoms with van der Waals surface area (Å²) in [5, 5.41) is 25.8. The Kier molecular flexibility index (Phi) is 9.20. The SMILES string of the molecule is Cc1ccn(-c2ccc(-c3ccc(CCC(=O)O)cc3)cc2[C@@H](Oc2cc(N3CCC4(CC3)CNC(C(=O)O)C4)nc(N)n2)C(F)(F)F)n1. The van der Waals surface area contributed by atoms with E-state index in [9.17, 15) is 14.7 Å². The predicted molar refractivity (Wildman–Crippen MR) is 173 cm³/mol. The van der Waals surface area contributed by atoms with Crippen LogP contribution >= 0.6 is 0 Å². The van der Waals surface area contributed by atoms with Gasteiger partial charge in [-0.05, 0) is 72.9 Å². The Morgan fingerprint density at radius 2 is 1.78 bits per heavy atom. The Balaban J connectivity index is 1.30. The van der Waals surface area contributed by atoms with Crippen molar-refractivity contribution in [2.75, 3.05) is 30.3 Å². The van der Waals surface area contributed by atoms with Crippen LogP contribution in [0.2, 0.25) is 0 Å². The highest BCUT2D eigenvalue weighted by molar-refractivity contribution is 5.74. The van der Waals surface area contributed by atoms with Gasteiger partial charge in [0.15, 0.2) is 0 Å². The second-order valence-electron chi connectivity index (χ2n) is 12.7. The number of hydrogen-bond acceptors (Lipinski definition) is 9. The summed E-state index contributed by atoms with van der Waals surface area (Å²) < 4.78 is 52.1. The number of ether oxygens (including phenoxy) is 1. The number of carboxylic acid groups (broad SMARTS) is 2. The van der Waals surface area contributed by atoms with Crippen molar-refractivity contribution in [3.8, 4) is 22.7 Å². The van der Waals surface area contributed by atoms with Crippen LogP contribution in [0, 0.1) is 12.3 Å². The zero-order valence-electron chi connectivity index (χ0n) is 26.7. The number of aromatic nitrogens is 4. The van der Waals surface area contributed by atoms with Gasteiger partial charge in [0.1, 0.15) is 11.9 Å². The summed E-state index contributed by atoms with van der Waals surface area (Å²) in [7, 11) is 0. The van der Waals surface area contributed by atoms with Crippen LogP contribution in [-0.2, 0) is 16.0 Å². The van der Waals surface area contributed by atoms with E-state index in [0.717, 1.165) is 5.56 Å². The molecule has 0 saturated carbocycles. The Morgan fingerprint density at radius 3 is 2.39 bits per heavy atom. The lowest BCUT2D eigenvalue weighted by Gasteiger charge is -2.39. The zero-order chi connectivity index (χ0) is 34.9. The number of benzene rings is 2. The molecule has 2 aromatic carbocycles. The molecule has 2 aromatic heterocycles. The van der Waals surface area contributed by atoms with Gasteiger partial charge in [0.2, 0.25) is 17.9 Å². The third-order valence-electron chi connectivity index (χ3n) is 9.24. The minimum atomic E-state index is -4.89. The average Bonchev–Trinajstić information content (AvgIpc) is 3.68. The molecule has 2 aliphatic rings. The lowest BCUT2D eigenvalue weighted by Crippen LogP contribution is -2.41. The van der Waals surface area contributed by atoms with Crippen LogP contribution in [0.25, 0.3) is 16.8 Å². The van der Waals surface area contributed by atoms with E-state index in [-0.39, 0.29) is 34.9 Å². The van der Waals surface area contributed by atoms with Gasteiger partial charge in [-0.15, -0.1) is 0 Å². The Hall–Kier alpha value is -5.18. The molecule has 4 heterocycles. The molecule has 5 N–H and O–H groups in total. The fourth-order valence-electron chi connectivity index (χ4n) is 6.58. The molecule has 258 valence electrons. The molecular formula is C34H36F3N7O5. The second kappa shape index (κ2) is 13.4. The van der Waals surface area contributed by atoms with Crippen LogP contribution in [0.4, 0.5) is 24.9 Å². The largest absolute Gasteiger partial charge is 0.481 e. The van der Waals surface area contributed by atoms with Crippen molar-refractivity contribution in [2.45, 2.75) is 57.3 Å². The average molecular weight is 680 g/mol. The molecule has 2 aliphatic heterocycles. The number of piperidine rings is 1. The molecule has 0 bridgehead atoms. The maximum absolute atomic E-state index is 15.0. The number of nitrogens with two attached hydrogens (primary N) is 1. The molecule has 49 heavy (non-hydrogen) atoms. The monoisotopic (exact) mass is 679 g/mol. The van der Waals surface area contributed by atoms with E-state index < -0.39 is 30.3 Å². The number of nitrogen functional groups attached to an aromatic ring is 1. The number of anilines is 2. The normalized spacial score (nSPS) is 18.0. The van der Waals surface area contributed by atoms with Crippen molar-refractivity contribution in [1.82, 2.24) is 25.1 Å². The van der Waals surface area contributed by atoms with Gasteiger partial charge in [0.25, 0.3) is 0 Å². The summed E-state index contributed by atoms with van der Waals surface area (Å²) in [6, 6.07) is 14.1. The van der Waals surface area contributed by atoms with E-state index in [1.165, 1.54) is 16.8 Å². The topological polar surface area (TPSA) is 169 Å². The first-order chi connectivity index (χ1) is 23.3. The quantitative estimate of drug-likeness (QED) is 0.179. The molecule has 15 heteroatoms. The molecule has 1 spiro atoms. The number of nitrogens with one attached hydrogen (secondary N) is 1. The molecule has 1 unspecified atom stereocenters. The third-order valence-corrected chi connectivity index (χ3v) is 9.24. The van der Waals surface area contributed by atoms with Crippen molar-refractivity contribution in [2.24, 2.45) is 5.41 Å². The minimum absolute atomic E-state index is 0.0371. The van der Waals surface area contributed by atoms with Crippen molar-refractivity contribution in [3.63, 3.8) is 0 Å². The molecular weight excluding hydrogens is 643 g/mol. The number of rotatable bonds is 10. The lowest BCUT2D eigenvalue weighted by molar-refractivity contribution is -0.198. The van der Waals surface area contributed by atoms with Crippen LogP contribution in [0.15, 0.2) is 60.8 Å². The maximum Gasteiger partial charge on any atom is 0.429 e. The van der Waals surface area contributed by atoms with Gasteiger partial charge in [-0.1, -0.05) is 30.3 Å². The van der Waals surface area contributed by atoms with E-state index in [2.05, 4.69) is 20.4 Å². The highest BCUT2D eigenvalue weighted by atomic mass is 19.4. The highest BCUT2D eigenvalue weighted by Crippen LogP contribution is 2.43.